The van der Waals surface area contributed by atoms with Gasteiger partial charge in [0.05, 0.1) is 4.92 Å². The molecule has 0 saturated carbocycles. The highest BCUT2D eigenvalue weighted by Crippen LogP contribution is 2.17. The van der Waals surface area contributed by atoms with E-state index in [0.717, 1.165) is 0 Å². The molecule has 1 heterocycles. The van der Waals surface area contributed by atoms with Gasteiger partial charge in [0.25, 0.3) is 0 Å². The number of pyridine rings is 1. The lowest BCUT2D eigenvalue weighted by Gasteiger charge is -1.96. The summed E-state index contributed by atoms with van der Waals surface area (Å²) >= 11 is 0. The van der Waals surface area contributed by atoms with Gasteiger partial charge < -0.3 is 5.11 Å². The molecule has 0 atom stereocenters. The summed E-state index contributed by atoms with van der Waals surface area (Å²) < 4.78 is 0. The number of nitrogens with zero attached hydrogens (tertiary/aromatic N) is 3. The second kappa shape index (κ2) is 5.58. The van der Waals surface area contributed by atoms with Crippen molar-refractivity contribution in [3.63, 3.8) is 0 Å². The Bertz CT molecular complexity index is 463. The first kappa shape index (κ1) is 11.8. The second-order valence-electron chi connectivity index (χ2n) is 2.92. The lowest BCUT2D eigenvalue weighted by molar-refractivity contribution is -0.385. The van der Waals surface area contributed by atoms with Crippen molar-refractivity contribution in [1.29, 1.82) is 5.26 Å². The first-order valence-corrected chi connectivity index (χ1v) is 4.51. The van der Waals surface area contributed by atoms with Crippen LogP contribution in [0.5, 0.6) is 0 Å². The Morgan fingerprint density at radius 3 is 3.00 bits per heavy atom. The van der Waals surface area contributed by atoms with Gasteiger partial charge in [-0.05, 0) is 12.0 Å². The highest BCUT2D eigenvalue weighted by atomic mass is 16.6. The summed E-state index contributed by atoms with van der Waals surface area (Å²) in [6.45, 7) is 0.0162. The number of nitriles is 1. The van der Waals surface area contributed by atoms with Crippen molar-refractivity contribution in [2.45, 2.75) is 6.42 Å². The molecule has 0 fully saturated rings. The van der Waals surface area contributed by atoms with Crippen LogP contribution in [0.15, 0.2) is 18.3 Å². The summed E-state index contributed by atoms with van der Waals surface area (Å²) in [7, 11) is 0. The first-order chi connectivity index (χ1) is 7.69. The van der Waals surface area contributed by atoms with Gasteiger partial charge in [-0.15, -0.1) is 0 Å². The maximum absolute atomic E-state index is 10.6. The van der Waals surface area contributed by atoms with Crippen LogP contribution < -0.4 is 0 Å². The van der Waals surface area contributed by atoms with E-state index in [2.05, 4.69) is 4.98 Å². The molecule has 0 unspecified atom stereocenters. The van der Waals surface area contributed by atoms with Gasteiger partial charge >= 0.3 is 5.69 Å². The van der Waals surface area contributed by atoms with E-state index in [1.165, 1.54) is 12.3 Å². The average molecular weight is 219 g/mol. The van der Waals surface area contributed by atoms with Crippen molar-refractivity contribution >= 4 is 11.8 Å². The Labute approximate surface area is 91.6 Å². The van der Waals surface area contributed by atoms with E-state index in [4.69, 9.17) is 10.4 Å². The fourth-order valence-corrected chi connectivity index (χ4v) is 1.08. The van der Waals surface area contributed by atoms with Crippen LogP contribution in [0.25, 0.3) is 6.08 Å². The van der Waals surface area contributed by atoms with Crippen LogP contribution in [0.1, 0.15) is 17.7 Å². The maximum atomic E-state index is 10.6. The van der Waals surface area contributed by atoms with E-state index in [9.17, 15) is 10.1 Å². The van der Waals surface area contributed by atoms with Gasteiger partial charge in [-0.1, -0.05) is 12.2 Å². The third-order valence-corrected chi connectivity index (χ3v) is 1.80. The normalized spacial score (nSPS) is 10.2. The molecule has 82 valence electrons. The van der Waals surface area contributed by atoms with Gasteiger partial charge in [0.2, 0.25) is 5.69 Å². The lowest BCUT2D eigenvalue weighted by Crippen LogP contribution is -1.95. The number of nitro groups is 1. The van der Waals surface area contributed by atoms with Crippen molar-refractivity contribution in [2.24, 2.45) is 0 Å². The largest absolute Gasteiger partial charge is 0.396 e. The Balaban J connectivity index is 3.04. The van der Waals surface area contributed by atoms with Gasteiger partial charge in [-0.2, -0.15) is 5.26 Å². The molecule has 0 spiro atoms. The molecule has 1 N–H and O–H groups in total. The molecule has 0 aliphatic carbocycles. The van der Waals surface area contributed by atoms with Gasteiger partial charge in [-0.3, -0.25) is 10.1 Å². The minimum absolute atomic E-state index is 0.0162. The SMILES string of the molecule is N#Cc1ncc(C=CCCO)cc1[N+](=O)[O-]. The van der Waals surface area contributed by atoms with E-state index < -0.39 is 4.92 Å². The standard InChI is InChI=1S/C10H9N3O3/c11-6-9-10(13(15)16)5-8(7-12-9)3-1-2-4-14/h1,3,5,7,14H,2,4H2. The molecule has 0 aliphatic heterocycles. The minimum Gasteiger partial charge on any atom is -0.396 e. The van der Waals surface area contributed by atoms with Crippen molar-refractivity contribution in [3.8, 4) is 6.07 Å². The Morgan fingerprint density at radius 1 is 1.69 bits per heavy atom. The van der Waals surface area contributed by atoms with Gasteiger partial charge in [-0.25, -0.2) is 4.98 Å². The zero-order chi connectivity index (χ0) is 12.0. The van der Waals surface area contributed by atoms with Gasteiger partial charge in [0, 0.05) is 18.9 Å². The van der Waals surface area contributed by atoms with E-state index >= 15 is 0 Å². The number of hydrogen-bond acceptors (Lipinski definition) is 5. The molecule has 0 aliphatic rings. The smallest absolute Gasteiger partial charge is 0.306 e. The topological polar surface area (TPSA) is 100 Å². The van der Waals surface area contributed by atoms with E-state index in [1.807, 2.05) is 0 Å². The summed E-state index contributed by atoms with van der Waals surface area (Å²) in [4.78, 5) is 13.6. The Morgan fingerprint density at radius 2 is 2.44 bits per heavy atom. The lowest BCUT2D eigenvalue weighted by atomic mass is 10.2. The maximum Gasteiger partial charge on any atom is 0.306 e. The summed E-state index contributed by atoms with van der Waals surface area (Å²) in [5, 5.41) is 27.8. The average Bonchev–Trinajstić information content (AvgIpc) is 2.29. The van der Waals surface area contributed by atoms with Gasteiger partial charge in [0.15, 0.2) is 0 Å². The minimum atomic E-state index is -0.644. The fourth-order valence-electron chi connectivity index (χ4n) is 1.08. The zero-order valence-electron chi connectivity index (χ0n) is 8.33. The predicted octanol–water partition coefficient (Wildman–Crippen LogP) is 1.26. The van der Waals surface area contributed by atoms with Crippen molar-refractivity contribution in [1.82, 2.24) is 4.98 Å². The summed E-state index contributed by atoms with van der Waals surface area (Å²) in [6, 6.07) is 2.93. The second-order valence-corrected chi connectivity index (χ2v) is 2.92. The molecule has 0 amide bonds. The number of rotatable bonds is 4. The van der Waals surface area contributed by atoms with Crippen molar-refractivity contribution < 1.29 is 10.0 Å². The van der Waals surface area contributed by atoms with Crippen LogP contribution in [0, 0.1) is 21.4 Å². The molecule has 0 saturated heterocycles. The zero-order valence-corrected chi connectivity index (χ0v) is 8.33. The number of aliphatic hydroxyl groups excluding tert-OH is 1. The first-order valence-electron chi connectivity index (χ1n) is 4.51. The fraction of sp³-hybridized carbons (Fsp3) is 0.200. The summed E-state index contributed by atoms with van der Waals surface area (Å²) in [6.07, 6.45) is 5.12. The number of aromatic nitrogens is 1. The highest BCUT2D eigenvalue weighted by molar-refractivity contribution is 5.55. The number of hydrogen-bond donors (Lipinski definition) is 1. The van der Waals surface area contributed by atoms with Crippen LogP contribution in [0.2, 0.25) is 0 Å². The summed E-state index contributed by atoms with van der Waals surface area (Å²) in [5.41, 5.74) is 0.0112. The predicted molar refractivity (Wildman–Crippen MR) is 56.3 cm³/mol. The van der Waals surface area contributed by atoms with Crippen molar-refractivity contribution in [2.75, 3.05) is 6.61 Å². The molecule has 6 nitrogen and oxygen atoms in total. The molecule has 1 rings (SSSR count). The van der Waals surface area contributed by atoms with Gasteiger partial charge in [0.1, 0.15) is 6.07 Å². The summed E-state index contributed by atoms with van der Waals surface area (Å²) in [5.74, 6) is 0. The molecule has 16 heavy (non-hydrogen) atoms. The van der Waals surface area contributed by atoms with Crippen LogP contribution in [-0.4, -0.2) is 21.6 Å². The highest BCUT2D eigenvalue weighted by Gasteiger charge is 2.14. The van der Waals surface area contributed by atoms with Crippen LogP contribution in [0.4, 0.5) is 5.69 Å². The van der Waals surface area contributed by atoms with Crippen molar-refractivity contribution in [3.05, 3.63) is 39.7 Å². The molecular formula is C10H9N3O3. The molecule has 1 aromatic heterocycles. The molecule has 0 radical (unpaired) electrons. The molecule has 1 aromatic rings. The van der Waals surface area contributed by atoms with E-state index in [1.54, 1.807) is 18.2 Å². The number of aliphatic hydroxyl groups is 1. The Hall–Kier alpha value is -2.26. The molecular weight excluding hydrogens is 210 g/mol. The monoisotopic (exact) mass is 219 g/mol. The van der Waals surface area contributed by atoms with E-state index in [-0.39, 0.29) is 18.0 Å². The quantitative estimate of drug-likeness (QED) is 0.606. The van der Waals surface area contributed by atoms with Crippen LogP contribution in [-0.2, 0) is 0 Å². The van der Waals surface area contributed by atoms with E-state index in [0.29, 0.717) is 12.0 Å². The third kappa shape index (κ3) is 2.87. The molecule has 0 bridgehead atoms. The molecule has 0 aromatic carbocycles. The van der Waals surface area contributed by atoms with Crippen LogP contribution >= 0.6 is 0 Å². The Kier molecular flexibility index (Phi) is 4.12. The van der Waals surface area contributed by atoms with Crippen LogP contribution in [0.3, 0.4) is 0 Å². The molecule has 6 heteroatoms. The third-order valence-electron chi connectivity index (χ3n) is 1.80.